The van der Waals surface area contributed by atoms with Crippen molar-refractivity contribution in [1.29, 1.82) is 5.26 Å². The first kappa shape index (κ1) is 14.8. The summed E-state index contributed by atoms with van der Waals surface area (Å²) >= 11 is 0. The molecule has 0 bridgehead atoms. The molecule has 22 heavy (non-hydrogen) atoms. The van der Waals surface area contributed by atoms with Gasteiger partial charge in [0.15, 0.2) is 5.69 Å². The van der Waals surface area contributed by atoms with Gasteiger partial charge in [-0.25, -0.2) is 4.98 Å². The number of aromatic nitrogens is 1. The van der Waals surface area contributed by atoms with Crippen LogP contribution in [-0.4, -0.2) is 55.2 Å². The van der Waals surface area contributed by atoms with Gasteiger partial charge in [0.05, 0.1) is 18.9 Å². The van der Waals surface area contributed by atoms with Gasteiger partial charge in [-0.2, -0.15) is 5.26 Å². The largest absolute Gasteiger partial charge is 0.378 e. The van der Waals surface area contributed by atoms with E-state index in [2.05, 4.69) is 16.0 Å². The zero-order valence-corrected chi connectivity index (χ0v) is 12.6. The van der Waals surface area contributed by atoms with Crippen molar-refractivity contribution in [3.63, 3.8) is 0 Å². The Hall–Kier alpha value is -2.13. The van der Waals surface area contributed by atoms with Crippen LogP contribution >= 0.6 is 0 Å². The van der Waals surface area contributed by atoms with Crippen molar-refractivity contribution in [3.05, 3.63) is 24.0 Å². The number of carbonyl (C=O) groups excluding carboxylic acids is 1. The predicted octanol–water partition coefficient (Wildman–Crippen LogP) is 1.03. The van der Waals surface area contributed by atoms with Crippen LogP contribution in [0.3, 0.4) is 0 Å². The lowest BCUT2D eigenvalue weighted by Gasteiger charge is -2.36. The van der Waals surface area contributed by atoms with Crippen molar-refractivity contribution < 1.29 is 9.53 Å². The van der Waals surface area contributed by atoms with Gasteiger partial charge in [-0.05, 0) is 25.0 Å². The number of amides is 1. The molecule has 0 N–H and O–H groups in total. The van der Waals surface area contributed by atoms with Crippen LogP contribution in [0.15, 0.2) is 18.3 Å². The standard InChI is InChI=1S/C16H20N4O2/c17-12-14-15(2-1-5-18-14)19-6-3-13(4-7-19)16(21)20-8-10-22-11-9-20/h1-2,5,13H,3-4,6-11H2. The highest BCUT2D eigenvalue weighted by molar-refractivity contribution is 5.79. The Morgan fingerprint density at radius 1 is 1.27 bits per heavy atom. The summed E-state index contributed by atoms with van der Waals surface area (Å²) in [6, 6.07) is 5.91. The van der Waals surface area contributed by atoms with Crippen molar-refractivity contribution in [3.8, 4) is 6.07 Å². The molecule has 0 spiro atoms. The Morgan fingerprint density at radius 2 is 2.00 bits per heavy atom. The Labute approximate surface area is 130 Å². The van der Waals surface area contributed by atoms with E-state index in [9.17, 15) is 4.79 Å². The Balaban J connectivity index is 1.60. The summed E-state index contributed by atoms with van der Waals surface area (Å²) in [6.45, 7) is 4.29. The average molecular weight is 300 g/mol. The summed E-state index contributed by atoms with van der Waals surface area (Å²) in [5, 5.41) is 9.15. The highest BCUT2D eigenvalue weighted by atomic mass is 16.5. The molecular weight excluding hydrogens is 280 g/mol. The number of nitriles is 1. The zero-order valence-electron chi connectivity index (χ0n) is 12.6. The molecule has 0 aliphatic carbocycles. The van der Waals surface area contributed by atoms with Crippen molar-refractivity contribution >= 4 is 11.6 Å². The molecule has 0 unspecified atom stereocenters. The fraction of sp³-hybridized carbons (Fsp3) is 0.562. The Morgan fingerprint density at radius 3 is 2.68 bits per heavy atom. The van der Waals surface area contributed by atoms with E-state index in [0.717, 1.165) is 31.6 Å². The molecule has 116 valence electrons. The fourth-order valence-electron chi connectivity index (χ4n) is 3.15. The second kappa shape index (κ2) is 6.75. The smallest absolute Gasteiger partial charge is 0.225 e. The van der Waals surface area contributed by atoms with Crippen LogP contribution in [0.1, 0.15) is 18.5 Å². The fourth-order valence-corrected chi connectivity index (χ4v) is 3.15. The van der Waals surface area contributed by atoms with Gasteiger partial charge in [0.1, 0.15) is 6.07 Å². The number of anilines is 1. The first-order valence-corrected chi connectivity index (χ1v) is 7.76. The van der Waals surface area contributed by atoms with Gasteiger partial charge < -0.3 is 14.5 Å². The van der Waals surface area contributed by atoms with E-state index in [1.807, 2.05) is 17.0 Å². The molecular formula is C16H20N4O2. The van der Waals surface area contributed by atoms with E-state index in [4.69, 9.17) is 10.00 Å². The maximum atomic E-state index is 12.5. The third-order valence-electron chi connectivity index (χ3n) is 4.40. The molecule has 1 aromatic rings. The number of morpholine rings is 1. The van der Waals surface area contributed by atoms with Crippen LogP contribution in [0.4, 0.5) is 5.69 Å². The normalized spacial score (nSPS) is 19.8. The second-order valence-electron chi connectivity index (χ2n) is 5.68. The molecule has 0 radical (unpaired) electrons. The maximum Gasteiger partial charge on any atom is 0.225 e. The number of hydrogen-bond donors (Lipinski definition) is 0. The van der Waals surface area contributed by atoms with Gasteiger partial charge in [-0.1, -0.05) is 0 Å². The van der Waals surface area contributed by atoms with Gasteiger partial charge in [-0.15, -0.1) is 0 Å². The number of carbonyl (C=O) groups is 1. The molecule has 0 atom stereocenters. The molecule has 0 aromatic carbocycles. The van der Waals surface area contributed by atoms with Gasteiger partial charge in [-0.3, -0.25) is 4.79 Å². The van der Waals surface area contributed by atoms with E-state index < -0.39 is 0 Å². The summed E-state index contributed by atoms with van der Waals surface area (Å²) in [5.41, 5.74) is 1.34. The first-order valence-electron chi connectivity index (χ1n) is 7.76. The lowest BCUT2D eigenvalue weighted by atomic mass is 9.94. The van der Waals surface area contributed by atoms with Gasteiger partial charge in [0, 0.05) is 38.3 Å². The lowest BCUT2D eigenvalue weighted by Crippen LogP contribution is -2.46. The first-order chi connectivity index (χ1) is 10.8. The molecule has 2 fully saturated rings. The molecule has 0 saturated carbocycles. The second-order valence-corrected chi connectivity index (χ2v) is 5.68. The molecule has 2 aliphatic rings. The number of ether oxygens (including phenoxy) is 1. The quantitative estimate of drug-likeness (QED) is 0.816. The number of pyridine rings is 1. The van der Waals surface area contributed by atoms with E-state index in [1.165, 1.54) is 0 Å². The van der Waals surface area contributed by atoms with Crippen LogP contribution in [-0.2, 0) is 9.53 Å². The van der Waals surface area contributed by atoms with E-state index in [-0.39, 0.29) is 11.8 Å². The van der Waals surface area contributed by atoms with Gasteiger partial charge >= 0.3 is 0 Å². The average Bonchev–Trinajstić information content (AvgIpc) is 2.62. The minimum atomic E-state index is 0.0940. The molecule has 6 nitrogen and oxygen atoms in total. The van der Waals surface area contributed by atoms with Crippen LogP contribution in [0.2, 0.25) is 0 Å². The Kier molecular flexibility index (Phi) is 4.54. The molecule has 3 heterocycles. The van der Waals surface area contributed by atoms with E-state index in [1.54, 1.807) is 6.20 Å². The Bertz CT molecular complexity index is 570. The van der Waals surface area contributed by atoms with Crippen LogP contribution in [0.25, 0.3) is 0 Å². The number of hydrogen-bond acceptors (Lipinski definition) is 5. The van der Waals surface area contributed by atoms with Crippen molar-refractivity contribution in [2.24, 2.45) is 5.92 Å². The predicted molar refractivity (Wildman–Crippen MR) is 81.3 cm³/mol. The van der Waals surface area contributed by atoms with Crippen LogP contribution < -0.4 is 4.90 Å². The SMILES string of the molecule is N#Cc1ncccc1N1CCC(C(=O)N2CCOCC2)CC1. The summed E-state index contributed by atoms with van der Waals surface area (Å²) in [5.74, 6) is 0.353. The number of nitrogens with zero attached hydrogens (tertiary/aromatic N) is 4. The monoisotopic (exact) mass is 300 g/mol. The molecule has 2 aliphatic heterocycles. The minimum Gasteiger partial charge on any atom is -0.378 e. The summed E-state index contributed by atoms with van der Waals surface area (Å²) in [4.78, 5) is 20.7. The third kappa shape index (κ3) is 3.04. The number of rotatable bonds is 2. The van der Waals surface area contributed by atoms with E-state index >= 15 is 0 Å². The summed E-state index contributed by atoms with van der Waals surface area (Å²) < 4.78 is 5.30. The van der Waals surface area contributed by atoms with Crippen molar-refractivity contribution in [1.82, 2.24) is 9.88 Å². The zero-order chi connectivity index (χ0) is 15.4. The minimum absolute atomic E-state index is 0.0940. The highest BCUT2D eigenvalue weighted by Crippen LogP contribution is 2.26. The summed E-state index contributed by atoms with van der Waals surface area (Å²) in [7, 11) is 0. The molecule has 1 amide bonds. The van der Waals surface area contributed by atoms with E-state index in [0.29, 0.717) is 32.0 Å². The molecule has 6 heteroatoms. The lowest BCUT2D eigenvalue weighted by molar-refractivity contribution is -0.140. The van der Waals surface area contributed by atoms with Crippen LogP contribution in [0.5, 0.6) is 0 Å². The molecule has 3 rings (SSSR count). The van der Waals surface area contributed by atoms with Crippen molar-refractivity contribution in [2.75, 3.05) is 44.3 Å². The van der Waals surface area contributed by atoms with Gasteiger partial charge in [0.25, 0.3) is 0 Å². The topological polar surface area (TPSA) is 69.5 Å². The summed E-state index contributed by atoms with van der Waals surface area (Å²) in [6.07, 6.45) is 3.29. The van der Waals surface area contributed by atoms with Crippen molar-refractivity contribution in [2.45, 2.75) is 12.8 Å². The molecule has 2 saturated heterocycles. The number of piperidine rings is 1. The molecule has 1 aromatic heterocycles. The van der Waals surface area contributed by atoms with Crippen LogP contribution in [0, 0.1) is 17.2 Å². The van der Waals surface area contributed by atoms with Gasteiger partial charge in [0.2, 0.25) is 5.91 Å². The maximum absolute atomic E-state index is 12.5. The highest BCUT2D eigenvalue weighted by Gasteiger charge is 2.30. The third-order valence-corrected chi connectivity index (χ3v) is 4.40.